The van der Waals surface area contributed by atoms with Gasteiger partial charge in [0.15, 0.2) is 0 Å². The lowest BCUT2D eigenvalue weighted by molar-refractivity contribution is -0.135. The molecule has 0 aromatic carbocycles. The van der Waals surface area contributed by atoms with Crippen molar-refractivity contribution in [3.05, 3.63) is 12.4 Å². The fourth-order valence-corrected chi connectivity index (χ4v) is 1.45. The van der Waals surface area contributed by atoms with Crippen LogP contribution in [0.25, 0.3) is 0 Å². The average Bonchev–Trinajstić information content (AvgIpc) is 2.33. The highest BCUT2D eigenvalue weighted by Crippen LogP contribution is 2.16. The van der Waals surface area contributed by atoms with E-state index in [4.69, 9.17) is 14.6 Å². The van der Waals surface area contributed by atoms with Gasteiger partial charge in [0, 0.05) is 19.7 Å². The lowest BCUT2D eigenvalue weighted by Crippen LogP contribution is -2.33. The first-order chi connectivity index (χ1) is 9.02. The molecule has 0 amide bonds. The molecule has 1 aromatic heterocycles. The van der Waals surface area contributed by atoms with Crippen molar-refractivity contribution in [1.29, 1.82) is 0 Å². The molecule has 1 heterocycles. The van der Waals surface area contributed by atoms with Crippen LogP contribution < -0.4 is 9.64 Å². The third kappa shape index (κ3) is 5.52. The fourth-order valence-electron chi connectivity index (χ4n) is 1.45. The number of carboxylic acid groups (broad SMARTS) is 1. The second-order valence-corrected chi connectivity index (χ2v) is 4.19. The monoisotopic (exact) mass is 269 g/mol. The van der Waals surface area contributed by atoms with Crippen molar-refractivity contribution in [1.82, 2.24) is 9.97 Å². The van der Waals surface area contributed by atoms with Gasteiger partial charge in [0.2, 0.25) is 5.88 Å². The summed E-state index contributed by atoms with van der Waals surface area (Å²) >= 11 is 0. The molecule has 0 spiro atoms. The van der Waals surface area contributed by atoms with Crippen molar-refractivity contribution < 1.29 is 19.4 Å². The quantitative estimate of drug-likeness (QED) is 0.747. The summed E-state index contributed by atoms with van der Waals surface area (Å²) in [6.07, 6.45) is 1.35. The number of methoxy groups -OCH3 is 1. The molecule has 0 aliphatic heterocycles. The minimum atomic E-state index is -0.930. The zero-order chi connectivity index (χ0) is 14.3. The second kappa shape index (κ2) is 7.52. The van der Waals surface area contributed by atoms with Crippen LogP contribution in [0.15, 0.2) is 12.4 Å². The van der Waals surface area contributed by atoms with Crippen LogP contribution in [0, 0.1) is 0 Å². The van der Waals surface area contributed by atoms with Crippen molar-refractivity contribution in [3.8, 4) is 5.88 Å². The fraction of sp³-hybridized carbons (Fsp3) is 0.583. The van der Waals surface area contributed by atoms with Gasteiger partial charge in [-0.15, -0.1) is 0 Å². The summed E-state index contributed by atoms with van der Waals surface area (Å²) in [6.45, 7) is 4.48. The van der Waals surface area contributed by atoms with E-state index in [2.05, 4.69) is 9.97 Å². The Labute approximate surface area is 112 Å². The molecule has 1 rings (SSSR count). The number of hydrogen-bond acceptors (Lipinski definition) is 6. The van der Waals surface area contributed by atoms with Gasteiger partial charge >= 0.3 is 5.97 Å². The Morgan fingerprint density at radius 1 is 1.47 bits per heavy atom. The largest absolute Gasteiger partial charge is 0.480 e. The number of nitrogens with zero attached hydrogens (tertiary/aromatic N) is 3. The van der Waals surface area contributed by atoms with E-state index in [-0.39, 0.29) is 12.6 Å². The molecular formula is C12H19N3O4. The number of carbonyl (C=O) groups is 1. The number of aliphatic carboxylic acids is 1. The lowest BCUT2D eigenvalue weighted by atomic mass is 10.4. The molecule has 0 radical (unpaired) electrons. The summed E-state index contributed by atoms with van der Waals surface area (Å²) < 4.78 is 10.4. The SMILES string of the molecule is COCCN(CC(=O)O)c1cc(OC(C)C)ncn1. The zero-order valence-corrected chi connectivity index (χ0v) is 11.4. The summed E-state index contributed by atoms with van der Waals surface area (Å²) in [5.41, 5.74) is 0. The van der Waals surface area contributed by atoms with Crippen molar-refractivity contribution in [2.75, 3.05) is 31.7 Å². The molecule has 0 aliphatic rings. The van der Waals surface area contributed by atoms with Gasteiger partial charge in [0.05, 0.1) is 12.7 Å². The molecule has 7 nitrogen and oxygen atoms in total. The van der Waals surface area contributed by atoms with Crippen molar-refractivity contribution in [2.45, 2.75) is 20.0 Å². The Balaban J connectivity index is 2.84. The van der Waals surface area contributed by atoms with Gasteiger partial charge in [0.25, 0.3) is 0 Å². The van der Waals surface area contributed by atoms with Crippen LogP contribution in [0.2, 0.25) is 0 Å². The van der Waals surface area contributed by atoms with Gasteiger partial charge in [0.1, 0.15) is 18.7 Å². The maximum absolute atomic E-state index is 10.9. The van der Waals surface area contributed by atoms with E-state index in [1.165, 1.54) is 6.33 Å². The van der Waals surface area contributed by atoms with Crippen LogP contribution in [0.4, 0.5) is 5.82 Å². The highest BCUT2D eigenvalue weighted by molar-refractivity contribution is 5.73. The Bertz CT molecular complexity index is 412. The Morgan fingerprint density at radius 3 is 2.79 bits per heavy atom. The second-order valence-electron chi connectivity index (χ2n) is 4.19. The summed E-state index contributed by atoms with van der Waals surface area (Å²) in [5.74, 6) is -0.000973. The van der Waals surface area contributed by atoms with Gasteiger partial charge in [-0.05, 0) is 13.8 Å². The first kappa shape index (κ1) is 15.2. The molecule has 0 bridgehead atoms. The van der Waals surface area contributed by atoms with Crippen molar-refractivity contribution in [2.24, 2.45) is 0 Å². The average molecular weight is 269 g/mol. The molecule has 0 fully saturated rings. The number of anilines is 1. The smallest absolute Gasteiger partial charge is 0.323 e. The first-order valence-corrected chi connectivity index (χ1v) is 5.97. The number of carboxylic acids is 1. The molecule has 0 saturated heterocycles. The minimum Gasteiger partial charge on any atom is -0.480 e. The topological polar surface area (TPSA) is 84.8 Å². The molecular weight excluding hydrogens is 250 g/mol. The molecule has 7 heteroatoms. The van der Waals surface area contributed by atoms with Crippen LogP contribution >= 0.6 is 0 Å². The Hall–Kier alpha value is -1.89. The molecule has 19 heavy (non-hydrogen) atoms. The van der Waals surface area contributed by atoms with Crippen molar-refractivity contribution in [3.63, 3.8) is 0 Å². The van der Waals surface area contributed by atoms with E-state index in [0.717, 1.165) is 0 Å². The van der Waals surface area contributed by atoms with E-state index in [9.17, 15) is 4.79 Å². The summed E-state index contributed by atoms with van der Waals surface area (Å²) in [4.78, 5) is 20.5. The maximum Gasteiger partial charge on any atom is 0.323 e. The van der Waals surface area contributed by atoms with Gasteiger partial charge < -0.3 is 19.5 Å². The van der Waals surface area contributed by atoms with Crippen LogP contribution in [0.5, 0.6) is 5.88 Å². The van der Waals surface area contributed by atoms with Gasteiger partial charge in [-0.25, -0.2) is 9.97 Å². The number of hydrogen-bond donors (Lipinski definition) is 1. The van der Waals surface area contributed by atoms with E-state index in [1.54, 1.807) is 18.1 Å². The van der Waals surface area contributed by atoms with Crippen LogP contribution in [-0.2, 0) is 9.53 Å². The molecule has 1 aromatic rings. The summed E-state index contributed by atoms with van der Waals surface area (Å²) in [7, 11) is 1.56. The normalized spacial score (nSPS) is 10.5. The van der Waals surface area contributed by atoms with E-state index in [1.807, 2.05) is 13.8 Å². The molecule has 0 saturated carbocycles. The molecule has 0 aliphatic carbocycles. The molecule has 106 valence electrons. The maximum atomic E-state index is 10.9. The predicted molar refractivity (Wildman–Crippen MR) is 69.5 cm³/mol. The third-order valence-electron chi connectivity index (χ3n) is 2.20. The van der Waals surface area contributed by atoms with Crippen LogP contribution in [0.3, 0.4) is 0 Å². The number of aromatic nitrogens is 2. The highest BCUT2D eigenvalue weighted by Gasteiger charge is 2.13. The summed E-state index contributed by atoms with van der Waals surface area (Å²) in [6, 6.07) is 1.62. The van der Waals surface area contributed by atoms with Crippen LogP contribution in [-0.4, -0.2) is 54.0 Å². The Morgan fingerprint density at radius 2 is 2.21 bits per heavy atom. The molecule has 1 N–H and O–H groups in total. The standard InChI is InChI=1S/C12H19N3O4/c1-9(2)19-11-6-10(13-8-14-11)15(4-5-18-3)7-12(16)17/h6,8-9H,4-5,7H2,1-3H3,(H,16,17). The lowest BCUT2D eigenvalue weighted by Gasteiger charge is -2.21. The van der Waals surface area contributed by atoms with Crippen LogP contribution in [0.1, 0.15) is 13.8 Å². The molecule has 0 atom stereocenters. The summed E-state index contributed by atoms with van der Waals surface area (Å²) in [5, 5.41) is 8.90. The van der Waals surface area contributed by atoms with E-state index < -0.39 is 5.97 Å². The van der Waals surface area contributed by atoms with Crippen molar-refractivity contribution >= 4 is 11.8 Å². The third-order valence-corrected chi connectivity index (χ3v) is 2.20. The predicted octanol–water partition coefficient (Wildman–Crippen LogP) is 0.801. The highest BCUT2D eigenvalue weighted by atomic mass is 16.5. The molecule has 0 unspecified atom stereocenters. The van der Waals surface area contributed by atoms with E-state index in [0.29, 0.717) is 24.8 Å². The number of rotatable bonds is 8. The number of ether oxygens (including phenoxy) is 2. The minimum absolute atomic E-state index is 0.00495. The van der Waals surface area contributed by atoms with E-state index >= 15 is 0 Å². The van der Waals surface area contributed by atoms with Gasteiger partial charge in [-0.2, -0.15) is 0 Å². The van der Waals surface area contributed by atoms with Gasteiger partial charge in [-0.1, -0.05) is 0 Å². The van der Waals surface area contributed by atoms with Gasteiger partial charge in [-0.3, -0.25) is 4.79 Å². The first-order valence-electron chi connectivity index (χ1n) is 5.97. The Kier molecular flexibility index (Phi) is 6.01. The zero-order valence-electron chi connectivity index (χ0n) is 11.4.